The number of hydrogen-bond donors (Lipinski definition) is 1. The van der Waals surface area contributed by atoms with Crippen LogP contribution in [0.15, 0.2) is 30.3 Å². The van der Waals surface area contributed by atoms with Crippen LogP contribution in [0.5, 0.6) is 0 Å². The van der Waals surface area contributed by atoms with E-state index in [9.17, 15) is 8.78 Å². The van der Waals surface area contributed by atoms with E-state index >= 15 is 0 Å². The van der Waals surface area contributed by atoms with Crippen LogP contribution in [0.1, 0.15) is 19.4 Å². The van der Waals surface area contributed by atoms with Crippen molar-refractivity contribution in [3.63, 3.8) is 0 Å². The zero-order valence-corrected chi connectivity index (χ0v) is 10.9. The molecule has 0 saturated carbocycles. The van der Waals surface area contributed by atoms with Gasteiger partial charge in [-0.25, -0.2) is 0 Å². The van der Waals surface area contributed by atoms with Crippen molar-refractivity contribution in [1.29, 1.82) is 0 Å². The molecule has 1 saturated heterocycles. The fourth-order valence-electron chi connectivity index (χ4n) is 2.48. The predicted octanol–water partition coefficient (Wildman–Crippen LogP) is 2.46. The zero-order valence-electron chi connectivity index (χ0n) is 10.9. The highest BCUT2D eigenvalue weighted by Gasteiger charge is 2.37. The summed E-state index contributed by atoms with van der Waals surface area (Å²) in [6, 6.07) is 8.36. The van der Waals surface area contributed by atoms with E-state index in [-0.39, 0.29) is 24.2 Å². The molecule has 1 N–H and O–H groups in total. The molecule has 18 heavy (non-hydrogen) atoms. The van der Waals surface area contributed by atoms with Gasteiger partial charge in [0.25, 0.3) is 5.92 Å². The molecule has 2 unspecified atom stereocenters. The van der Waals surface area contributed by atoms with Gasteiger partial charge in [0.05, 0.1) is 6.54 Å². The van der Waals surface area contributed by atoms with Crippen LogP contribution in [-0.2, 0) is 5.92 Å². The standard InChI is InChI=1S/C14H20F2N2/c1-11-8-17-9-12(2)18(11)10-14(15,16)13-6-4-3-5-7-13/h3-7,11-12,17H,8-10H2,1-2H3. The van der Waals surface area contributed by atoms with E-state index in [0.29, 0.717) is 0 Å². The fraction of sp³-hybridized carbons (Fsp3) is 0.571. The highest BCUT2D eigenvalue weighted by molar-refractivity contribution is 5.20. The maximum absolute atomic E-state index is 14.2. The molecule has 0 radical (unpaired) electrons. The lowest BCUT2D eigenvalue weighted by molar-refractivity contribution is -0.0619. The number of nitrogens with zero attached hydrogens (tertiary/aromatic N) is 1. The van der Waals surface area contributed by atoms with Crippen LogP contribution in [0, 0.1) is 0 Å². The molecule has 1 aromatic rings. The third-order valence-corrected chi connectivity index (χ3v) is 3.59. The second-order valence-electron chi connectivity index (χ2n) is 5.10. The SMILES string of the molecule is CC1CNCC(C)N1CC(F)(F)c1ccccc1. The van der Waals surface area contributed by atoms with E-state index in [0.717, 1.165) is 13.1 Å². The minimum atomic E-state index is -2.79. The Morgan fingerprint density at radius 2 is 1.72 bits per heavy atom. The number of piperazine rings is 1. The second kappa shape index (κ2) is 5.33. The molecule has 0 aliphatic carbocycles. The second-order valence-corrected chi connectivity index (χ2v) is 5.10. The average Bonchev–Trinajstić information content (AvgIpc) is 2.35. The molecule has 100 valence electrons. The Morgan fingerprint density at radius 1 is 1.17 bits per heavy atom. The van der Waals surface area contributed by atoms with Gasteiger partial charge in [0.2, 0.25) is 0 Å². The van der Waals surface area contributed by atoms with Gasteiger partial charge < -0.3 is 5.32 Å². The van der Waals surface area contributed by atoms with Crippen LogP contribution >= 0.6 is 0 Å². The summed E-state index contributed by atoms with van der Waals surface area (Å²) in [6.07, 6.45) is 0. The molecule has 1 aliphatic rings. The lowest BCUT2D eigenvalue weighted by Crippen LogP contribution is -2.57. The lowest BCUT2D eigenvalue weighted by Gasteiger charge is -2.41. The average molecular weight is 254 g/mol. The van der Waals surface area contributed by atoms with E-state index in [2.05, 4.69) is 5.32 Å². The summed E-state index contributed by atoms with van der Waals surface area (Å²) in [6.45, 7) is 5.32. The van der Waals surface area contributed by atoms with Crippen molar-refractivity contribution >= 4 is 0 Å². The number of rotatable bonds is 3. The molecule has 4 heteroatoms. The number of hydrogen-bond acceptors (Lipinski definition) is 2. The minimum absolute atomic E-state index is 0.0999. The summed E-state index contributed by atoms with van der Waals surface area (Å²) in [5.41, 5.74) is 0.0999. The van der Waals surface area contributed by atoms with Crippen molar-refractivity contribution < 1.29 is 8.78 Å². The molecular weight excluding hydrogens is 234 g/mol. The van der Waals surface area contributed by atoms with Gasteiger partial charge in [0, 0.05) is 30.7 Å². The summed E-state index contributed by atoms with van der Waals surface area (Å²) < 4.78 is 28.5. The Morgan fingerprint density at radius 3 is 2.28 bits per heavy atom. The van der Waals surface area contributed by atoms with Crippen LogP contribution in [0.2, 0.25) is 0 Å². The van der Waals surface area contributed by atoms with E-state index in [4.69, 9.17) is 0 Å². The molecule has 1 heterocycles. The molecule has 0 amide bonds. The molecular formula is C14H20F2N2. The lowest BCUT2D eigenvalue weighted by atomic mass is 10.0. The summed E-state index contributed by atoms with van der Waals surface area (Å²) in [4.78, 5) is 1.89. The number of alkyl halides is 2. The van der Waals surface area contributed by atoms with Gasteiger partial charge in [-0.05, 0) is 13.8 Å². The van der Waals surface area contributed by atoms with Crippen molar-refractivity contribution in [2.24, 2.45) is 0 Å². The largest absolute Gasteiger partial charge is 0.314 e. The Kier molecular flexibility index (Phi) is 3.97. The van der Waals surface area contributed by atoms with E-state index < -0.39 is 5.92 Å². The van der Waals surface area contributed by atoms with E-state index in [1.807, 2.05) is 18.7 Å². The van der Waals surface area contributed by atoms with Crippen molar-refractivity contribution in [3.05, 3.63) is 35.9 Å². The summed E-state index contributed by atoms with van der Waals surface area (Å²) in [5.74, 6) is -2.79. The zero-order chi connectivity index (χ0) is 13.2. The molecule has 1 fully saturated rings. The van der Waals surface area contributed by atoms with Gasteiger partial charge >= 0.3 is 0 Å². The topological polar surface area (TPSA) is 15.3 Å². The van der Waals surface area contributed by atoms with Crippen molar-refractivity contribution in [1.82, 2.24) is 10.2 Å². The molecule has 2 nitrogen and oxygen atoms in total. The Hall–Kier alpha value is -1.00. The molecule has 2 rings (SSSR count). The van der Waals surface area contributed by atoms with Gasteiger partial charge in [-0.1, -0.05) is 30.3 Å². The first-order chi connectivity index (χ1) is 8.50. The Balaban J connectivity index is 2.12. The van der Waals surface area contributed by atoms with Crippen LogP contribution in [-0.4, -0.2) is 36.6 Å². The molecule has 0 bridgehead atoms. The highest BCUT2D eigenvalue weighted by Crippen LogP contribution is 2.30. The van der Waals surface area contributed by atoms with Crippen LogP contribution < -0.4 is 5.32 Å². The Bertz CT molecular complexity index is 371. The van der Waals surface area contributed by atoms with Crippen molar-refractivity contribution in [3.8, 4) is 0 Å². The minimum Gasteiger partial charge on any atom is -0.314 e. The van der Waals surface area contributed by atoms with Crippen LogP contribution in [0.25, 0.3) is 0 Å². The first kappa shape index (κ1) is 13.4. The predicted molar refractivity (Wildman–Crippen MR) is 68.8 cm³/mol. The van der Waals surface area contributed by atoms with Gasteiger partial charge in [-0.3, -0.25) is 4.90 Å². The summed E-state index contributed by atoms with van der Waals surface area (Å²) >= 11 is 0. The van der Waals surface area contributed by atoms with E-state index in [1.54, 1.807) is 18.2 Å². The fourth-order valence-corrected chi connectivity index (χ4v) is 2.48. The highest BCUT2D eigenvalue weighted by atomic mass is 19.3. The summed E-state index contributed by atoms with van der Waals surface area (Å²) in [5, 5.41) is 3.25. The third-order valence-electron chi connectivity index (χ3n) is 3.59. The Labute approximate surface area is 107 Å². The number of benzene rings is 1. The molecule has 1 aliphatic heterocycles. The van der Waals surface area contributed by atoms with Gasteiger partial charge in [-0.15, -0.1) is 0 Å². The monoisotopic (exact) mass is 254 g/mol. The first-order valence-corrected chi connectivity index (χ1v) is 6.40. The van der Waals surface area contributed by atoms with Gasteiger partial charge in [0.1, 0.15) is 0 Å². The van der Waals surface area contributed by atoms with Crippen LogP contribution in [0.3, 0.4) is 0 Å². The van der Waals surface area contributed by atoms with E-state index in [1.165, 1.54) is 12.1 Å². The van der Waals surface area contributed by atoms with Gasteiger partial charge in [0.15, 0.2) is 0 Å². The first-order valence-electron chi connectivity index (χ1n) is 6.40. The van der Waals surface area contributed by atoms with Crippen LogP contribution in [0.4, 0.5) is 8.78 Å². The molecule has 2 atom stereocenters. The maximum Gasteiger partial charge on any atom is 0.285 e. The van der Waals surface area contributed by atoms with Crippen molar-refractivity contribution in [2.75, 3.05) is 19.6 Å². The summed E-state index contributed by atoms with van der Waals surface area (Å²) in [7, 11) is 0. The van der Waals surface area contributed by atoms with Gasteiger partial charge in [-0.2, -0.15) is 8.78 Å². The molecule has 0 aromatic heterocycles. The third kappa shape index (κ3) is 2.87. The number of nitrogens with one attached hydrogen (secondary N) is 1. The number of halogens is 2. The molecule has 1 aromatic carbocycles. The quantitative estimate of drug-likeness (QED) is 0.891. The maximum atomic E-state index is 14.2. The smallest absolute Gasteiger partial charge is 0.285 e. The normalized spacial score (nSPS) is 26.2. The molecule has 0 spiro atoms. The van der Waals surface area contributed by atoms with Crippen molar-refractivity contribution in [2.45, 2.75) is 31.9 Å².